The van der Waals surface area contributed by atoms with E-state index in [1.54, 1.807) is 43.5 Å². The molecular weight excluding hydrogens is 354 g/mol. The lowest BCUT2D eigenvalue weighted by Gasteiger charge is -2.08. The van der Waals surface area contributed by atoms with Gasteiger partial charge in [-0.1, -0.05) is 22.8 Å². The third-order valence-corrected chi connectivity index (χ3v) is 4.47. The molecule has 0 atom stereocenters. The van der Waals surface area contributed by atoms with Gasteiger partial charge in [-0.25, -0.2) is 4.98 Å². The predicted octanol–water partition coefficient (Wildman–Crippen LogP) is 5.01. The van der Waals surface area contributed by atoms with Gasteiger partial charge in [-0.2, -0.15) is 0 Å². The predicted molar refractivity (Wildman–Crippen MR) is 98.4 cm³/mol. The summed E-state index contributed by atoms with van der Waals surface area (Å²) in [6.07, 6.45) is 1.54. The average molecular weight is 368 g/mol. The van der Waals surface area contributed by atoms with Gasteiger partial charge in [0, 0.05) is 10.7 Å². The molecular formula is C19H14ClN3O3. The molecule has 1 amide bonds. The number of rotatable bonds is 3. The Morgan fingerprint density at radius 2 is 2.04 bits per heavy atom. The number of nitrogens with zero attached hydrogens (tertiary/aromatic N) is 2. The van der Waals surface area contributed by atoms with Crippen molar-refractivity contribution in [1.29, 1.82) is 0 Å². The van der Waals surface area contributed by atoms with Crippen molar-refractivity contribution >= 4 is 34.3 Å². The Hall–Kier alpha value is -3.12. The van der Waals surface area contributed by atoms with Crippen molar-refractivity contribution in [3.63, 3.8) is 0 Å². The number of aryl methyl sites for hydroxylation is 2. The second kappa shape index (κ2) is 6.31. The fourth-order valence-corrected chi connectivity index (χ4v) is 2.87. The number of pyridine rings is 1. The van der Waals surface area contributed by atoms with Gasteiger partial charge in [-0.15, -0.1) is 0 Å². The molecule has 1 aromatic carbocycles. The smallest absolute Gasteiger partial charge is 0.259 e. The van der Waals surface area contributed by atoms with Crippen molar-refractivity contribution in [3.8, 4) is 11.5 Å². The topological polar surface area (TPSA) is 81.2 Å². The monoisotopic (exact) mass is 367 g/mol. The van der Waals surface area contributed by atoms with Crippen LogP contribution in [0.5, 0.6) is 0 Å². The molecule has 7 heteroatoms. The molecule has 3 heterocycles. The van der Waals surface area contributed by atoms with E-state index in [0.717, 1.165) is 5.56 Å². The van der Waals surface area contributed by atoms with Crippen LogP contribution in [-0.4, -0.2) is 16.0 Å². The number of halogens is 1. The van der Waals surface area contributed by atoms with E-state index < -0.39 is 0 Å². The van der Waals surface area contributed by atoms with Gasteiger partial charge in [0.25, 0.3) is 11.6 Å². The number of aromatic nitrogens is 2. The Labute approximate surface area is 153 Å². The first-order valence-corrected chi connectivity index (χ1v) is 8.29. The lowest BCUT2D eigenvalue weighted by Crippen LogP contribution is -2.13. The van der Waals surface area contributed by atoms with E-state index in [-0.39, 0.29) is 11.6 Å². The van der Waals surface area contributed by atoms with Crippen LogP contribution in [0, 0.1) is 13.8 Å². The first kappa shape index (κ1) is 16.4. The molecule has 4 aromatic rings. The lowest BCUT2D eigenvalue weighted by molar-refractivity contribution is 0.102. The zero-order chi connectivity index (χ0) is 18.3. The number of furan rings is 1. The van der Waals surface area contributed by atoms with Gasteiger partial charge in [0.2, 0.25) is 0 Å². The highest BCUT2D eigenvalue weighted by Crippen LogP contribution is 2.28. The van der Waals surface area contributed by atoms with Crippen LogP contribution in [-0.2, 0) is 0 Å². The van der Waals surface area contributed by atoms with Crippen LogP contribution in [0.25, 0.3) is 22.6 Å². The number of carbonyl (C=O) groups excluding carboxylic acids is 1. The summed E-state index contributed by atoms with van der Waals surface area (Å²) in [6.45, 7) is 3.66. The first-order chi connectivity index (χ1) is 12.5. The minimum Gasteiger partial charge on any atom is -0.463 e. The van der Waals surface area contributed by atoms with Crippen molar-refractivity contribution in [2.45, 2.75) is 13.8 Å². The van der Waals surface area contributed by atoms with Crippen LogP contribution in [0.15, 0.2) is 51.6 Å². The maximum atomic E-state index is 12.9. The van der Waals surface area contributed by atoms with Crippen LogP contribution in [0.3, 0.4) is 0 Å². The average Bonchev–Trinajstić information content (AvgIpc) is 3.28. The molecule has 0 aliphatic heterocycles. The van der Waals surface area contributed by atoms with Gasteiger partial charge in [0.05, 0.1) is 22.9 Å². The van der Waals surface area contributed by atoms with E-state index in [1.807, 2.05) is 13.0 Å². The Morgan fingerprint density at radius 1 is 1.19 bits per heavy atom. The Kier molecular flexibility index (Phi) is 3.97. The van der Waals surface area contributed by atoms with Crippen molar-refractivity contribution < 1.29 is 13.7 Å². The molecule has 3 aromatic heterocycles. The van der Waals surface area contributed by atoms with Gasteiger partial charge >= 0.3 is 0 Å². The molecule has 0 bridgehead atoms. The molecule has 1 N–H and O–H groups in total. The van der Waals surface area contributed by atoms with E-state index in [2.05, 4.69) is 15.5 Å². The third kappa shape index (κ3) is 2.84. The summed E-state index contributed by atoms with van der Waals surface area (Å²) in [5.74, 6) is 0.227. The fraction of sp³-hybridized carbons (Fsp3) is 0.105. The van der Waals surface area contributed by atoms with Gasteiger partial charge in [-0.05, 0) is 49.7 Å². The van der Waals surface area contributed by atoms with E-state index in [0.29, 0.717) is 38.8 Å². The molecule has 0 aliphatic rings. The van der Waals surface area contributed by atoms with Crippen molar-refractivity contribution in [3.05, 3.63) is 64.5 Å². The maximum Gasteiger partial charge on any atom is 0.259 e. The fourth-order valence-electron chi connectivity index (χ4n) is 2.69. The zero-order valence-corrected chi connectivity index (χ0v) is 14.8. The van der Waals surface area contributed by atoms with Crippen LogP contribution >= 0.6 is 11.6 Å². The number of hydrogen-bond acceptors (Lipinski definition) is 5. The zero-order valence-electron chi connectivity index (χ0n) is 14.0. The maximum absolute atomic E-state index is 12.9. The van der Waals surface area contributed by atoms with Gasteiger partial charge in [0.1, 0.15) is 5.69 Å². The Morgan fingerprint density at radius 3 is 2.77 bits per heavy atom. The molecule has 0 radical (unpaired) electrons. The first-order valence-electron chi connectivity index (χ1n) is 7.91. The van der Waals surface area contributed by atoms with Gasteiger partial charge in [0.15, 0.2) is 5.76 Å². The number of benzene rings is 1. The standard InChI is InChI=1S/C19H14ClN3O3/c1-10-5-6-12(8-14(10)20)21-18(24)13-9-15(16-4-3-7-25-16)22-19-17(13)11(2)23-26-19/h3-9H,1-2H3,(H,21,24). The molecule has 0 unspecified atom stereocenters. The van der Waals surface area contributed by atoms with E-state index in [1.165, 1.54) is 0 Å². The van der Waals surface area contributed by atoms with Crippen molar-refractivity contribution in [1.82, 2.24) is 10.1 Å². The molecule has 0 saturated carbocycles. The summed E-state index contributed by atoms with van der Waals surface area (Å²) in [7, 11) is 0. The summed E-state index contributed by atoms with van der Waals surface area (Å²) in [4.78, 5) is 17.3. The van der Waals surface area contributed by atoms with E-state index >= 15 is 0 Å². The molecule has 26 heavy (non-hydrogen) atoms. The summed E-state index contributed by atoms with van der Waals surface area (Å²) < 4.78 is 10.6. The Bertz CT molecular complexity index is 1120. The van der Waals surface area contributed by atoms with Crippen LogP contribution in [0.2, 0.25) is 5.02 Å². The number of anilines is 1. The highest BCUT2D eigenvalue weighted by molar-refractivity contribution is 6.31. The number of nitrogens with one attached hydrogen (secondary N) is 1. The molecule has 130 valence electrons. The van der Waals surface area contributed by atoms with Gasteiger partial charge in [-0.3, -0.25) is 4.79 Å². The third-order valence-electron chi connectivity index (χ3n) is 4.07. The van der Waals surface area contributed by atoms with Crippen molar-refractivity contribution in [2.75, 3.05) is 5.32 Å². The minimum atomic E-state index is -0.309. The van der Waals surface area contributed by atoms with Crippen LogP contribution in [0.4, 0.5) is 5.69 Å². The quantitative estimate of drug-likeness (QED) is 0.550. The van der Waals surface area contributed by atoms with E-state index in [4.69, 9.17) is 20.5 Å². The lowest BCUT2D eigenvalue weighted by atomic mass is 10.1. The minimum absolute atomic E-state index is 0.281. The highest BCUT2D eigenvalue weighted by atomic mass is 35.5. The number of hydrogen-bond donors (Lipinski definition) is 1. The van der Waals surface area contributed by atoms with Gasteiger partial charge < -0.3 is 14.3 Å². The molecule has 4 rings (SSSR count). The van der Waals surface area contributed by atoms with Crippen LogP contribution in [0.1, 0.15) is 21.6 Å². The summed E-state index contributed by atoms with van der Waals surface area (Å²) in [5, 5.41) is 7.93. The second-order valence-corrected chi connectivity index (χ2v) is 6.31. The van der Waals surface area contributed by atoms with E-state index in [9.17, 15) is 4.79 Å². The summed E-state index contributed by atoms with van der Waals surface area (Å²) in [6, 6.07) is 10.5. The van der Waals surface area contributed by atoms with Crippen LogP contribution < -0.4 is 5.32 Å². The SMILES string of the molecule is Cc1ccc(NC(=O)c2cc(-c3ccco3)nc3onc(C)c23)cc1Cl. The molecule has 0 saturated heterocycles. The highest BCUT2D eigenvalue weighted by Gasteiger charge is 2.20. The van der Waals surface area contributed by atoms with Crippen molar-refractivity contribution in [2.24, 2.45) is 0 Å². The Balaban J connectivity index is 1.79. The number of amides is 1. The normalized spacial score (nSPS) is 11.0. The molecule has 6 nitrogen and oxygen atoms in total. The summed E-state index contributed by atoms with van der Waals surface area (Å²) >= 11 is 6.14. The molecule has 0 spiro atoms. The number of fused-ring (bicyclic) bond motifs is 1. The largest absolute Gasteiger partial charge is 0.463 e. The summed E-state index contributed by atoms with van der Waals surface area (Å²) in [5.41, 5.74) is 3.30. The number of carbonyl (C=O) groups is 1. The molecule has 0 aliphatic carbocycles. The molecule has 0 fully saturated rings. The second-order valence-electron chi connectivity index (χ2n) is 5.90.